The fourth-order valence-electron chi connectivity index (χ4n) is 1.80. The van der Waals surface area contributed by atoms with Crippen LogP contribution in [0.5, 0.6) is 5.75 Å². The summed E-state index contributed by atoms with van der Waals surface area (Å²) in [5.74, 6) is 0.287. The summed E-state index contributed by atoms with van der Waals surface area (Å²) in [6.07, 6.45) is 2.52. The molecule has 2 rings (SSSR count). The van der Waals surface area contributed by atoms with Crippen molar-refractivity contribution >= 4 is 17.3 Å². The van der Waals surface area contributed by atoms with Gasteiger partial charge in [-0.15, -0.1) is 0 Å². The Labute approximate surface area is 111 Å². The van der Waals surface area contributed by atoms with E-state index in [4.69, 9.17) is 11.6 Å². The second-order valence-electron chi connectivity index (χ2n) is 4.26. The molecule has 4 heteroatoms. The Balaban J connectivity index is 1.99. The number of nitrogens with zero attached hydrogens (tertiary/aromatic N) is 1. The summed E-state index contributed by atoms with van der Waals surface area (Å²) in [4.78, 5) is 4.02. The molecule has 0 spiro atoms. The molecule has 1 unspecified atom stereocenters. The second kappa shape index (κ2) is 5.74. The number of halogens is 1. The van der Waals surface area contributed by atoms with Crippen molar-refractivity contribution in [1.29, 1.82) is 0 Å². The van der Waals surface area contributed by atoms with Gasteiger partial charge in [-0.2, -0.15) is 0 Å². The first-order valence-corrected chi connectivity index (χ1v) is 6.18. The van der Waals surface area contributed by atoms with E-state index in [0.717, 1.165) is 17.7 Å². The minimum Gasteiger partial charge on any atom is -0.508 e. The first-order valence-electron chi connectivity index (χ1n) is 5.80. The van der Waals surface area contributed by atoms with E-state index in [1.165, 1.54) is 0 Å². The molecule has 0 aliphatic carbocycles. The lowest BCUT2D eigenvalue weighted by Crippen LogP contribution is -2.18. The van der Waals surface area contributed by atoms with E-state index < -0.39 is 0 Å². The van der Waals surface area contributed by atoms with Crippen molar-refractivity contribution in [2.75, 3.05) is 5.32 Å². The SMILES string of the molecule is CC(Cc1ccc(O)cc1)Nc1cccnc1Cl. The Morgan fingerprint density at radius 2 is 2.00 bits per heavy atom. The average Bonchev–Trinajstić information content (AvgIpc) is 2.35. The smallest absolute Gasteiger partial charge is 0.152 e. The summed E-state index contributed by atoms with van der Waals surface area (Å²) in [5.41, 5.74) is 2.00. The van der Waals surface area contributed by atoms with E-state index in [1.807, 2.05) is 24.3 Å². The summed E-state index contributed by atoms with van der Waals surface area (Å²) >= 11 is 5.99. The number of aromatic hydroxyl groups is 1. The number of pyridine rings is 1. The van der Waals surface area contributed by atoms with Crippen LogP contribution in [-0.2, 0) is 6.42 Å². The Kier molecular flexibility index (Phi) is 4.05. The standard InChI is InChI=1S/C14H15ClN2O/c1-10(9-11-4-6-12(18)7-5-11)17-13-3-2-8-16-14(13)15/h2-8,10,17-18H,9H2,1H3. The van der Waals surface area contributed by atoms with Crippen molar-refractivity contribution in [3.63, 3.8) is 0 Å². The van der Waals surface area contributed by atoms with Gasteiger partial charge in [-0.25, -0.2) is 4.98 Å². The fraction of sp³-hybridized carbons (Fsp3) is 0.214. The minimum absolute atomic E-state index is 0.233. The van der Waals surface area contributed by atoms with Gasteiger partial charge >= 0.3 is 0 Å². The molecule has 1 heterocycles. The zero-order chi connectivity index (χ0) is 13.0. The van der Waals surface area contributed by atoms with Gasteiger partial charge in [0.25, 0.3) is 0 Å². The summed E-state index contributed by atoms with van der Waals surface area (Å²) in [7, 11) is 0. The summed E-state index contributed by atoms with van der Waals surface area (Å²) in [5, 5.41) is 13.0. The van der Waals surface area contributed by atoms with Crippen LogP contribution in [0.1, 0.15) is 12.5 Å². The summed E-state index contributed by atoms with van der Waals surface area (Å²) in [6, 6.07) is 11.2. The van der Waals surface area contributed by atoms with Gasteiger partial charge in [-0.05, 0) is 43.2 Å². The number of rotatable bonds is 4. The normalized spacial score (nSPS) is 12.1. The molecule has 0 saturated carbocycles. The largest absolute Gasteiger partial charge is 0.508 e. The molecule has 1 aromatic carbocycles. The molecule has 18 heavy (non-hydrogen) atoms. The number of nitrogens with one attached hydrogen (secondary N) is 1. The predicted octanol–water partition coefficient (Wildman–Crippen LogP) is 3.48. The summed E-state index contributed by atoms with van der Waals surface area (Å²) < 4.78 is 0. The van der Waals surface area contributed by atoms with Crippen molar-refractivity contribution in [3.8, 4) is 5.75 Å². The molecule has 2 aromatic rings. The third-order valence-electron chi connectivity index (χ3n) is 2.64. The number of aromatic nitrogens is 1. The Morgan fingerprint density at radius 3 is 2.67 bits per heavy atom. The Morgan fingerprint density at radius 1 is 1.28 bits per heavy atom. The third kappa shape index (κ3) is 3.37. The van der Waals surface area contributed by atoms with Crippen LogP contribution in [0, 0.1) is 0 Å². The van der Waals surface area contributed by atoms with Crippen LogP contribution in [0.25, 0.3) is 0 Å². The van der Waals surface area contributed by atoms with Crippen molar-refractivity contribution in [1.82, 2.24) is 4.98 Å². The molecule has 1 aromatic heterocycles. The number of phenolic OH excluding ortho intramolecular Hbond substituents is 1. The van der Waals surface area contributed by atoms with Gasteiger partial charge in [0.15, 0.2) is 5.15 Å². The van der Waals surface area contributed by atoms with E-state index in [9.17, 15) is 5.11 Å². The number of benzene rings is 1. The highest BCUT2D eigenvalue weighted by atomic mass is 35.5. The molecule has 0 aliphatic heterocycles. The maximum Gasteiger partial charge on any atom is 0.152 e. The van der Waals surface area contributed by atoms with Gasteiger partial charge in [0, 0.05) is 12.2 Å². The lowest BCUT2D eigenvalue weighted by Gasteiger charge is -2.15. The Hall–Kier alpha value is -1.74. The van der Waals surface area contributed by atoms with E-state index in [2.05, 4.69) is 17.2 Å². The minimum atomic E-state index is 0.233. The second-order valence-corrected chi connectivity index (χ2v) is 4.62. The Bertz CT molecular complexity index is 513. The number of phenols is 1. The average molecular weight is 263 g/mol. The van der Waals surface area contributed by atoms with Gasteiger partial charge in [-0.1, -0.05) is 23.7 Å². The number of hydrogen-bond acceptors (Lipinski definition) is 3. The molecule has 0 bridgehead atoms. The zero-order valence-electron chi connectivity index (χ0n) is 10.1. The third-order valence-corrected chi connectivity index (χ3v) is 2.94. The molecule has 0 saturated heterocycles. The van der Waals surface area contributed by atoms with E-state index in [1.54, 1.807) is 18.3 Å². The van der Waals surface area contributed by atoms with Gasteiger partial charge in [0.2, 0.25) is 0 Å². The topological polar surface area (TPSA) is 45.1 Å². The maximum absolute atomic E-state index is 9.22. The molecule has 0 aliphatic rings. The van der Waals surface area contributed by atoms with E-state index in [0.29, 0.717) is 5.15 Å². The zero-order valence-corrected chi connectivity index (χ0v) is 10.9. The molecule has 94 valence electrons. The van der Waals surface area contributed by atoms with Crippen LogP contribution >= 0.6 is 11.6 Å². The van der Waals surface area contributed by atoms with Gasteiger partial charge in [0.05, 0.1) is 5.69 Å². The quantitative estimate of drug-likeness (QED) is 0.829. The van der Waals surface area contributed by atoms with Gasteiger partial charge in [-0.3, -0.25) is 0 Å². The predicted molar refractivity (Wildman–Crippen MR) is 74.1 cm³/mol. The van der Waals surface area contributed by atoms with Crippen LogP contribution in [0.4, 0.5) is 5.69 Å². The molecule has 2 N–H and O–H groups in total. The summed E-state index contributed by atoms with van der Waals surface area (Å²) in [6.45, 7) is 2.08. The highest BCUT2D eigenvalue weighted by Crippen LogP contribution is 2.19. The van der Waals surface area contributed by atoms with Crippen molar-refractivity contribution in [2.24, 2.45) is 0 Å². The molecule has 3 nitrogen and oxygen atoms in total. The molecule has 0 fully saturated rings. The lowest BCUT2D eigenvalue weighted by molar-refractivity contribution is 0.475. The molecule has 0 amide bonds. The first kappa shape index (κ1) is 12.7. The van der Waals surface area contributed by atoms with Crippen LogP contribution in [0.15, 0.2) is 42.6 Å². The monoisotopic (exact) mass is 262 g/mol. The van der Waals surface area contributed by atoms with Gasteiger partial charge < -0.3 is 10.4 Å². The van der Waals surface area contributed by atoms with Crippen molar-refractivity contribution in [2.45, 2.75) is 19.4 Å². The molecular formula is C14H15ClN2O. The highest BCUT2D eigenvalue weighted by molar-refractivity contribution is 6.31. The van der Waals surface area contributed by atoms with Crippen LogP contribution in [0.3, 0.4) is 0 Å². The van der Waals surface area contributed by atoms with E-state index >= 15 is 0 Å². The number of anilines is 1. The molecule has 0 radical (unpaired) electrons. The maximum atomic E-state index is 9.22. The van der Waals surface area contributed by atoms with Crippen molar-refractivity contribution in [3.05, 3.63) is 53.3 Å². The lowest BCUT2D eigenvalue weighted by atomic mass is 10.1. The van der Waals surface area contributed by atoms with Crippen LogP contribution < -0.4 is 5.32 Å². The first-order chi connectivity index (χ1) is 8.65. The van der Waals surface area contributed by atoms with Gasteiger partial charge in [0.1, 0.15) is 5.75 Å². The fourth-order valence-corrected chi connectivity index (χ4v) is 1.97. The molecule has 1 atom stereocenters. The number of hydrogen-bond donors (Lipinski definition) is 2. The van der Waals surface area contributed by atoms with Crippen LogP contribution in [0.2, 0.25) is 5.15 Å². The van der Waals surface area contributed by atoms with Crippen molar-refractivity contribution < 1.29 is 5.11 Å². The molecular weight excluding hydrogens is 248 g/mol. The highest BCUT2D eigenvalue weighted by Gasteiger charge is 2.06. The van der Waals surface area contributed by atoms with E-state index in [-0.39, 0.29) is 11.8 Å². The van der Waals surface area contributed by atoms with Crippen LogP contribution in [-0.4, -0.2) is 16.1 Å².